The van der Waals surface area contributed by atoms with Crippen LogP contribution in [0.1, 0.15) is 46.5 Å². The Morgan fingerprint density at radius 1 is 1.21 bits per heavy atom. The second-order valence-electron chi connectivity index (χ2n) is 6.67. The molecule has 2 fully saturated rings. The molecule has 1 spiro atoms. The van der Waals surface area contributed by atoms with Gasteiger partial charge in [-0.1, -0.05) is 0 Å². The molecule has 0 N–H and O–H groups in total. The quantitative estimate of drug-likeness (QED) is 0.686. The lowest BCUT2D eigenvalue weighted by molar-refractivity contribution is -0.149. The fourth-order valence-electron chi connectivity index (χ4n) is 2.65. The molecular formula is C14H23NO4. The van der Waals surface area contributed by atoms with E-state index in [-0.39, 0.29) is 11.4 Å². The van der Waals surface area contributed by atoms with E-state index < -0.39 is 17.7 Å². The van der Waals surface area contributed by atoms with Gasteiger partial charge in [0, 0.05) is 6.54 Å². The summed E-state index contributed by atoms with van der Waals surface area (Å²) in [5.74, 6) is -0.336. The molecule has 2 rings (SSSR count). The van der Waals surface area contributed by atoms with E-state index in [2.05, 4.69) is 0 Å². The van der Waals surface area contributed by atoms with E-state index in [1.54, 1.807) is 0 Å². The van der Waals surface area contributed by atoms with Gasteiger partial charge < -0.3 is 9.47 Å². The van der Waals surface area contributed by atoms with E-state index in [0.717, 1.165) is 19.3 Å². The molecule has 1 atom stereocenters. The summed E-state index contributed by atoms with van der Waals surface area (Å²) in [6.07, 6.45) is 3.56. The number of rotatable bonds is 1. The van der Waals surface area contributed by atoms with Crippen molar-refractivity contribution in [1.29, 1.82) is 0 Å². The molecule has 0 unspecified atom stereocenters. The third-order valence-corrected chi connectivity index (χ3v) is 3.94. The minimum atomic E-state index is -0.549. The number of nitrogens with zero attached hydrogens (tertiary/aromatic N) is 1. The number of carbonyl (C=O) groups is 2. The molecule has 0 aromatic carbocycles. The van der Waals surface area contributed by atoms with Gasteiger partial charge in [-0.25, -0.2) is 9.59 Å². The summed E-state index contributed by atoms with van der Waals surface area (Å²) in [6, 6.07) is -0.490. The van der Waals surface area contributed by atoms with Crippen molar-refractivity contribution in [3.05, 3.63) is 0 Å². The van der Waals surface area contributed by atoms with Gasteiger partial charge in [0.2, 0.25) is 0 Å². The Kier molecular flexibility index (Phi) is 3.49. The van der Waals surface area contributed by atoms with Gasteiger partial charge in [-0.05, 0) is 51.9 Å². The molecule has 0 aromatic rings. The summed E-state index contributed by atoms with van der Waals surface area (Å²) in [4.78, 5) is 25.6. The molecular weight excluding hydrogens is 246 g/mol. The first-order valence-corrected chi connectivity index (χ1v) is 6.84. The van der Waals surface area contributed by atoms with Crippen molar-refractivity contribution in [2.75, 3.05) is 13.7 Å². The molecule has 2 aliphatic rings. The lowest BCUT2D eigenvalue weighted by Crippen LogP contribution is -2.52. The maximum absolute atomic E-state index is 12.2. The predicted molar refractivity (Wildman–Crippen MR) is 69.6 cm³/mol. The Morgan fingerprint density at radius 3 is 2.32 bits per heavy atom. The summed E-state index contributed by atoms with van der Waals surface area (Å²) in [6.45, 7) is 6.05. The Morgan fingerprint density at radius 2 is 1.84 bits per heavy atom. The number of carbonyl (C=O) groups excluding carboxylic acids is 2. The predicted octanol–water partition coefficient (Wildman–Crippen LogP) is 2.34. The molecule has 1 heterocycles. The van der Waals surface area contributed by atoms with Crippen LogP contribution in [-0.4, -0.2) is 42.3 Å². The number of ether oxygens (including phenoxy) is 2. The van der Waals surface area contributed by atoms with Crippen LogP contribution in [0.25, 0.3) is 0 Å². The average molecular weight is 269 g/mol. The summed E-state index contributed by atoms with van der Waals surface area (Å²) >= 11 is 0. The van der Waals surface area contributed by atoms with Crippen LogP contribution in [-0.2, 0) is 14.3 Å². The van der Waals surface area contributed by atoms with Crippen LogP contribution in [0.15, 0.2) is 0 Å². The zero-order chi connectivity index (χ0) is 14.3. The summed E-state index contributed by atoms with van der Waals surface area (Å²) < 4.78 is 10.2. The van der Waals surface area contributed by atoms with Crippen molar-refractivity contribution in [3.63, 3.8) is 0 Å². The molecule has 1 amide bonds. The summed E-state index contributed by atoms with van der Waals surface area (Å²) in [5.41, 5.74) is -0.274. The van der Waals surface area contributed by atoms with Crippen LogP contribution in [0.4, 0.5) is 4.79 Å². The number of hydrogen-bond donors (Lipinski definition) is 0. The second-order valence-corrected chi connectivity index (χ2v) is 6.67. The van der Waals surface area contributed by atoms with Crippen LogP contribution in [0.2, 0.25) is 0 Å². The van der Waals surface area contributed by atoms with Gasteiger partial charge >= 0.3 is 12.1 Å². The lowest BCUT2D eigenvalue weighted by Gasteiger charge is -2.38. The van der Waals surface area contributed by atoms with Crippen molar-refractivity contribution >= 4 is 12.1 Å². The number of piperidine rings is 1. The van der Waals surface area contributed by atoms with E-state index in [1.807, 2.05) is 20.8 Å². The Hall–Kier alpha value is -1.26. The largest absolute Gasteiger partial charge is 0.467 e. The van der Waals surface area contributed by atoms with E-state index in [9.17, 15) is 9.59 Å². The SMILES string of the molecule is COC(=O)[C@H]1CC2(CCN1C(=O)OC(C)(C)C)CC2. The van der Waals surface area contributed by atoms with Gasteiger partial charge in [-0.2, -0.15) is 0 Å². The van der Waals surface area contributed by atoms with Crippen LogP contribution >= 0.6 is 0 Å². The van der Waals surface area contributed by atoms with Gasteiger partial charge in [0.05, 0.1) is 7.11 Å². The summed E-state index contributed by atoms with van der Waals surface area (Å²) in [7, 11) is 1.36. The van der Waals surface area contributed by atoms with Crippen molar-refractivity contribution < 1.29 is 19.1 Å². The lowest BCUT2D eigenvalue weighted by atomic mass is 9.88. The van der Waals surface area contributed by atoms with Crippen LogP contribution < -0.4 is 0 Å². The Bertz CT molecular complexity index is 381. The van der Waals surface area contributed by atoms with Crippen LogP contribution in [0, 0.1) is 5.41 Å². The first-order chi connectivity index (χ1) is 8.76. The molecule has 1 aliphatic carbocycles. The van der Waals surface area contributed by atoms with Gasteiger partial charge in [0.15, 0.2) is 0 Å². The average Bonchev–Trinajstić information content (AvgIpc) is 3.05. The Balaban J connectivity index is 2.08. The van der Waals surface area contributed by atoms with Crippen molar-refractivity contribution in [2.24, 2.45) is 5.41 Å². The molecule has 5 nitrogen and oxygen atoms in total. The highest BCUT2D eigenvalue weighted by Crippen LogP contribution is 2.55. The minimum absolute atomic E-state index is 0.275. The van der Waals surface area contributed by atoms with Crippen LogP contribution in [0.5, 0.6) is 0 Å². The molecule has 19 heavy (non-hydrogen) atoms. The van der Waals surface area contributed by atoms with Gasteiger partial charge in [0.25, 0.3) is 0 Å². The molecule has 0 bridgehead atoms. The minimum Gasteiger partial charge on any atom is -0.467 e. The number of esters is 1. The molecule has 1 aliphatic heterocycles. The van der Waals surface area contributed by atoms with Crippen molar-refractivity contribution in [2.45, 2.75) is 58.1 Å². The molecule has 0 radical (unpaired) electrons. The van der Waals surface area contributed by atoms with E-state index in [0.29, 0.717) is 13.0 Å². The maximum atomic E-state index is 12.2. The monoisotopic (exact) mass is 269 g/mol. The number of amides is 1. The van der Waals surface area contributed by atoms with Crippen LogP contribution in [0.3, 0.4) is 0 Å². The smallest absolute Gasteiger partial charge is 0.411 e. The zero-order valence-electron chi connectivity index (χ0n) is 12.2. The highest BCUT2D eigenvalue weighted by atomic mass is 16.6. The number of hydrogen-bond acceptors (Lipinski definition) is 4. The van der Waals surface area contributed by atoms with E-state index >= 15 is 0 Å². The first-order valence-electron chi connectivity index (χ1n) is 6.84. The van der Waals surface area contributed by atoms with Crippen molar-refractivity contribution in [1.82, 2.24) is 4.90 Å². The summed E-state index contributed by atoms with van der Waals surface area (Å²) in [5, 5.41) is 0. The van der Waals surface area contributed by atoms with Gasteiger partial charge in [0.1, 0.15) is 11.6 Å². The Labute approximate surface area is 114 Å². The fourth-order valence-corrected chi connectivity index (χ4v) is 2.65. The zero-order valence-corrected chi connectivity index (χ0v) is 12.2. The van der Waals surface area contributed by atoms with E-state index in [4.69, 9.17) is 9.47 Å². The van der Waals surface area contributed by atoms with Crippen molar-refractivity contribution in [3.8, 4) is 0 Å². The number of methoxy groups -OCH3 is 1. The van der Waals surface area contributed by atoms with E-state index in [1.165, 1.54) is 12.0 Å². The highest BCUT2D eigenvalue weighted by Gasteiger charge is 2.51. The highest BCUT2D eigenvalue weighted by molar-refractivity contribution is 5.82. The fraction of sp³-hybridized carbons (Fsp3) is 0.857. The molecule has 1 saturated heterocycles. The standard InChI is InChI=1S/C14H23NO4/c1-13(2,3)19-12(17)15-8-7-14(5-6-14)9-10(15)11(16)18-4/h10H,5-9H2,1-4H3/t10-/m1/s1. The number of likely N-dealkylation sites (tertiary alicyclic amines) is 1. The second kappa shape index (κ2) is 4.69. The third-order valence-electron chi connectivity index (χ3n) is 3.94. The third kappa shape index (κ3) is 3.19. The molecule has 1 saturated carbocycles. The molecule has 108 valence electrons. The topological polar surface area (TPSA) is 55.8 Å². The molecule has 5 heteroatoms. The first kappa shape index (κ1) is 14.2. The maximum Gasteiger partial charge on any atom is 0.411 e. The van der Waals surface area contributed by atoms with Gasteiger partial charge in [-0.3, -0.25) is 4.90 Å². The molecule has 0 aromatic heterocycles. The normalized spacial score (nSPS) is 25.1. The van der Waals surface area contributed by atoms with Gasteiger partial charge in [-0.15, -0.1) is 0 Å².